The van der Waals surface area contributed by atoms with Gasteiger partial charge < -0.3 is 20.3 Å². The van der Waals surface area contributed by atoms with Crippen LogP contribution in [0.2, 0.25) is 0 Å². The van der Waals surface area contributed by atoms with Gasteiger partial charge in [-0.15, -0.1) is 11.3 Å². The number of nitrogens with one attached hydrogen (secondary N) is 2. The van der Waals surface area contributed by atoms with Gasteiger partial charge in [-0.3, -0.25) is 0 Å². The standard InChI is InChI=1S/C14H12N2S.C8H11N.C5H11NO.C2H6/c1-15-11-7-3-2-6-10(11)14-16-12-8-4-5-9-13(12)17-14;1-7-4-3-5-8(6-7)9-2;1-6-2-4-7-5-3-6;1-2/h2-9,15H,1H3;3-6,9H,1-2H3;2-5H2,1H3;1-2H3. The molecule has 1 aliphatic rings. The molecular formula is C29H40N4OS. The molecule has 5 nitrogen and oxygen atoms in total. The highest BCUT2D eigenvalue weighted by atomic mass is 32.1. The zero-order valence-electron chi connectivity index (χ0n) is 22.0. The lowest BCUT2D eigenvalue weighted by Crippen LogP contribution is -2.32. The predicted molar refractivity (Wildman–Crippen MR) is 155 cm³/mol. The summed E-state index contributed by atoms with van der Waals surface area (Å²) in [6.45, 7) is 10.1. The summed E-state index contributed by atoms with van der Waals surface area (Å²) in [5.74, 6) is 0. The largest absolute Gasteiger partial charge is 0.388 e. The molecule has 3 aromatic carbocycles. The SMILES string of the molecule is CC.CN1CCOCC1.CNc1cccc(C)c1.CNc1ccccc1-c1nc2ccccc2s1. The first kappa shape index (κ1) is 28.3. The Morgan fingerprint density at radius 2 is 1.54 bits per heavy atom. The lowest BCUT2D eigenvalue weighted by atomic mass is 10.2. The molecule has 2 heterocycles. The zero-order valence-corrected chi connectivity index (χ0v) is 22.8. The molecule has 188 valence electrons. The third kappa shape index (κ3) is 9.32. The minimum atomic E-state index is 0.913. The number of aromatic nitrogens is 1. The van der Waals surface area contributed by atoms with E-state index >= 15 is 0 Å². The molecule has 4 aromatic rings. The van der Waals surface area contributed by atoms with Gasteiger partial charge in [0.05, 0.1) is 23.4 Å². The summed E-state index contributed by atoms with van der Waals surface area (Å²) in [5.41, 5.74) is 5.82. The number of thiazole rings is 1. The summed E-state index contributed by atoms with van der Waals surface area (Å²) in [4.78, 5) is 6.94. The van der Waals surface area contributed by atoms with Crippen LogP contribution in [-0.4, -0.2) is 57.3 Å². The number of benzene rings is 3. The Labute approximate surface area is 215 Å². The zero-order chi connectivity index (χ0) is 25.5. The van der Waals surface area contributed by atoms with Crippen LogP contribution in [0.4, 0.5) is 11.4 Å². The van der Waals surface area contributed by atoms with Crippen LogP contribution in [0.1, 0.15) is 19.4 Å². The molecule has 2 N–H and O–H groups in total. The number of likely N-dealkylation sites (N-methyl/N-ethyl adjacent to an activating group) is 1. The lowest BCUT2D eigenvalue weighted by Gasteiger charge is -2.21. The Balaban J connectivity index is 0.000000202. The van der Waals surface area contributed by atoms with E-state index in [1.54, 1.807) is 11.3 Å². The van der Waals surface area contributed by atoms with Crippen molar-refractivity contribution in [2.75, 3.05) is 58.1 Å². The van der Waals surface area contributed by atoms with E-state index in [9.17, 15) is 0 Å². The number of nitrogens with zero attached hydrogens (tertiary/aromatic N) is 2. The first-order valence-corrected chi connectivity index (χ1v) is 13.1. The molecule has 5 rings (SSSR count). The smallest absolute Gasteiger partial charge is 0.126 e. The average Bonchev–Trinajstić information content (AvgIpc) is 3.35. The van der Waals surface area contributed by atoms with E-state index in [2.05, 4.69) is 70.9 Å². The Bertz CT molecular complexity index is 1090. The molecule has 1 aromatic heterocycles. The molecule has 0 radical (unpaired) electrons. The topological polar surface area (TPSA) is 49.4 Å². The molecule has 0 amide bonds. The molecule has 0 spiro atoms. The van der Waals surface area contributed by atoms with Crippen LogP contribution >= 0.6 is 11.3 Å². The molecule has 1 saturated heterocycles. The van der Waals surface area contributed by atoms with Gasteiger partial charge in [0.25, 0.3) is 0 Å². The second-order valence-electron chi connectivity index (χ2n) is 7.82. The molecular weight excluding hydrogens is 452 g/mol. The van der Waals surface area contributed by atoms with Crippen molar-refractivity contribution in [1.29, 1.82) is 0 Å². The number of para-hydroxylation sites is 2. The summed E-state index contributed by atoms with van der Waals surface area (Å²) in [6.07, 6.45) is 0. The lowest BCUT2D eigenvalue weighted by molar-refractivity contribution is 0.0503. The second kappa shape index (κ2) is 15.9. The normalized spacial score (nSPS) is 12.7. The van der Waals surface area contributed by atoms with E-state index in [4.69, 9.17) is 4.74 Å². The Hall–Kier alpha value is -2.93. The summed E-state index contributed by atoms with van der Waals surface area (Å²) >= 11 is 1.73. The van der Waals surface area contributed by atoms with Crippen molar-refractivity contribution in [1.82, 2.24) is 9.88 Å². The van der Waals surface area contributed by atoms with Crippen LogP contribution in [0.15, 0.2) is 72.8 Å². The molecule has 1 fully saturated rings. The van der Waals surface area contributed by atoms with Crippen molar-refractivity contribution in [2.24, 2.45) is 0 Å². The van der Waals surface area contributed by atoms with Crippen LogP contribution in [0.25, 0.3) is 20.8 Å². The van der Waals surface area contributed by atoms with Gasteiger partial charge in [0.1, 0.15) is 5.01 Å². The van der Waals surface area contributed by atoms with Gasteiger partial charge >= 0.3 is 0 Å². The Morgan fingerprint density at radius 3 is 2.11 bits per heavy atom. The molecule has 0 atom stereocenters. The van der Waals surface area contributed by atoms with E-state index in [1.807, 2.05) is 64.3 Å². The maximum absolute atomic E-state index is 5.10. The predicted octanol–water partition coefficient (Wildman–Crippen LogP) is 7.02. The maximum atomic E-state index is 5.10. The van der Waals surface area contributed by atoms with Gasteiger partial charge in [-0.25, -0.2) is 4.98 Å². The number of anilines is 2. The van der Waals surface area contributed by atoms with Crippen LogP contribution in [-0.2, 0) is 4.74 Å². The summed E-state index contributed by atoms with van der Waals surface area (Å²) < 4.78 is 6.33. The fourth-order valence-electron chi connectivity index (χ4n) is 3.33. The molecule has 35 heavy (non-hydrogen) atoms. The monoisotopic (exact) mass is 492 g/mol. The number of aryl methyl sites for hydroxylation is 1. The van der Waals surface area contributed by atoms with Gasteiger partial charge in [0.2, 0.25) is 0 Å². The van der Waals surface area contributed by atoms with Crippen LogP contribution < -0.4 is 10.6 Å². The minimum Gasteiger partial charge on any atom is -0.388 e. The number of ether oxygens (including phenoxy) is 1. The van der Waals surface area contributed by atoms with Crippen molar-refractivity contribution in [3.05, 3.63) is 78.4 Å². The average molecular weight is 493 g/mol. The van der Waals surface area contributed by atoms with Crippen molar-refractivity contribution in [3.8, 4) is 10.6 Å². The molecule has 0 bridgehead atoms. The third-order valence-corrected chi connectivity index (χ3v) is 6.33. The molecule has 1 aliphatic heterocycles. The van der Waals surface area contributed by atoms with E-state index in [0.29, 0.717) is 0 Å². The van der Waals surface area contributed by atoms with Crippen LogP contribution in [0.5, 0.6) is 0 Å². The van der Waals surface area contributed by atoms with E-state index in [1.165, 1.54) is 16.0 Å². The highest BCUT2D eigenvalue weighted by Crippen LogP contribution is 2.33. The van der Waals surface area contributed by atoms with E-state index in [0.717, 1.165) is 48.1 Å². The van der Waals surface area contributed by atoms with Crippen LogP contribution in [0, 0.1) is 6.92 Å². The number of fused-ring (bicyclic) bond motifs is 1. The molecule has 0 saturated carbocycles. The summed E-state index contributed by atoms with van der Waals surface area (Å²) in [5, 5.41) is 7.34. The molecule has 0 aliphatic carbocycles. The number of rotatable bonds is 3. The van der Waals surface area contributed by atoms with Gasteiger partial charge in [0.15, 0.2) is 0 Å². The Kier molecular flexibility index (Phi) is 12.8. The quantitative estimate of drug-likeness (QED) is 0.322. The first-order valence-electron chi connectivity index (χ1n) is 12.2. The fourth-order valence-corrected chi connectivity index (χ4v) is 4.34. The Morgan fingerprint density at radius 1 is 0.857 bits per heavy atom. The summed E-state index contributed by atoms with van der Waals surface area (Å²) in [6, 6.07) is 24.8. The van der Waals surface area contributed by atoms with Crippen molar-refractivity contribution < 1.29 is 4.74 Å². The van der Waals surface area contributed by atoms with Gasteiger partial charge in [-0.1, -0.05) is 50.2 Å². The second-order valence-corrected chi connectivity index (χ2v) is 8.85. The van der Waals surface area contributed by atoms with Gasteiger partial charge in [0, 0.05) is 44.1 Å². The highest BCUT2D eigenvalue weighted by Gasteiger charge is 2.08. The van der Waals surface area contributed by atoms with Crippen LogP contribution in [0.3, 0.4) is 0 Å². The van der Waals surface area contributed by atoms with Crippen molar-refractivity contribution >= 4 is 32.9 Å². The van der Waals surface area contributed by atoms with Gasteiger partial charge in [-0.2, -0.15) is 0 Å². The number of hydrogen-bond acceptors (Lipinski definition) is 6. The van der Waals surface area contributed by atoms with Crippen molar-refractivity contribution in [2.45, 2.75) is 20.8 Å². The fraction of sp³-hybridized carbons (Fsp3) is 0.345. The maximum Gasteiger partial charge on any atom is 0.126 e. The van der Waals surface area contributed by atoms with Crippen molar-refractivity contribution in [3.63, 3.8) is 0 Å². The van der Waals surface area contributed by atoms with E-state index < -0.39 is 0 Å². The van der Waals surface area contributed by atoms with Gasteiger partial charge in [-0.05, 0) is 55.9 Å². The molecule has 6 heteroatoms. The minimum absolute atomic E-state index is 0.913. The summed E-state index contributed by atoms with van der Waals surface area (Å²) in [7, 11) is 5.98. The number of morpholine rings is 1. The number of hydrogen-bond donors (Lipinski definition) is 2. The third-order valence-electron chi connectivity index (χ3n) is 5.26. The first-order chi connectivity index (χ1) is 17.1. The van der Waals surface area contributed by atoms with E-state index in [-0.39, 0.29) is 0 Å². The molecule has 0 unspecified atom stereocenters. The highest BCUT2D eigenvalue weighted by molar-refractivity contribution is 7.21.